The van der Waals surface area contributed by atoms with Crippen molar-refractivity contribution in [2.45, 2.75) is 0 Å². The van der Waals surface area contributed by atoms with Crippen LogP contribution in [0.15, 0.2) is 73.3 Å². The number of pyridine rings is 2. The van der Waals surface area contributed by atoms with E-state index in [0.29, 0.717) is 11.1 Å². The van der Waals surface area contributed by atoms with Gasteiger partial charge >= 0.3 is 8.25 Å². The topological polar surface area (TPSA) is 95.5 Å². The van der Waals surface area contributed by atoms with Crippen LogP contribution in [0.3, 0.4) is 0 Å². The first kappa shape index (κ1) is 20.0. The van der Waals surface area contributed by atoms with Gasteiger partial charge in [-0.15, -0.1) is 0 Å². The molecule has 150 valence electrons. The fourth-order valence-electron chi connectivity index (χ4n) is 2.97. The van der Waals surface area contributed by atoms with Gasteiger partial charge in [0.25, 0.3) is 0 Å². The molecule has 30 heavy (non-hydrogen) atoms. The number of ketones is 2. The SMILES string of the molecule is O=C(CO[PH](=O)OCC(=O)c1ccc2cnccc2c1)c1ccc2cnccc2c1. The highest BCUT2D eigenvalue weighted by atomic mass is 31.1. The Morgan fingerprint density at radius 2 is 1.17 bits per heavy atom. The lowest BCUT2D eigenvalue weighted by Gasteiger charge is -2.06. The number of carbonyl (C=O) groups is 2. The normalized spacial score (nSPS) is 11.2. The third-order valence-electron chi connectivity index (χ3n) is 4.57. The van der Waals surface area contributed by atoms with Crippen molar-refractivity contribution in [3.05, 3.63) is 84.4 Å². The molecular formula is C22H17N2O5P. The van der Waals surface area contributed by atoms with Gasteiger partial charge in [0.15, 0.2) is 11.6 Å². The van der Waals surface area contributed by atoms with E-state index >= 15 is 0 Å². The van der Waals surface area contributed by atoms with Crippen molar-refractivity contribution in [1.29, 1.82) is 0 Å². The third kappa shape index (κ3) is 4.66. The molecule has 0 aliphatic heterocycles. The van der Waals surface area contributed by atoms with Gasteiger partial charge in [0.2, 0.25) is 0 Å². The number of hydrogen-bond acceptors (Lipinski definition) is 7. The summed E-state index contributed by atoms with van der Waals surface area (Å²) < 4.78 is 22.0. The number of Topliss-reactive ketones (excluding diaryl/α,β-unsaturated/α-hetero) is 2. The minimum Gasteiger partial charge on any atom is -0.302 e. The quantitative estimate of drug-likeness (QED) is 0.310. The van der Waals surface area contributed by atoms with Crippen LogP contribution in [0.5, 0.6) is 0 Å². The molecule has 0 saturated carbocycles. The molecule has 0 aliphatic carbocycles. The molecule has 8 heteroatoms. The maximum Gasteiger partial charge on any atom is 0.320 e. The second kappa shape index (κ2) is 9.05. The van der Waals surface area contributed by atoms with Crippen molar-refractivity contribution in [1.82, 2.24) is 9.97 Å². The monoisotopic (exact) mass is 420 g/mol. The molecular weight excluding hydrogens is 403 g/mol. The summed E-state index contributed by atoms with van der Waals surface area (Å²) in [5.74, 6) is -0.657. The average molecular weight is 420 g/mol. The van der Waals surface area contributed by atoms with Crippen LogP contribution in [0.2, 0.25) is 0 Å². The van der Waals surface area contributed by atoms with Crippen LogP contribution in [0.4, 0.5) is 0 Å². The van der Waals surface area contributed by atoms with Gasteiger partial charge in [-0.3, -0.25) is 24.1 Å². The zero-order valence-corrected chi connectivity index (χ0v) is 16.8. The van der Waals surface area contributed by atoms with E-state index < -0.39 is 21.5 Å². The fourth-order valence-corrected chi connectivity index (χ4v) is 3.55. The van der Waals surface area contributed by atoms with Crippen LogP contribution in [0.25, 0.3) is 21.5 Å². The summed E-state index contributed by atoms with van der Waals surface area (Å²) in [6.45, 7) is -0.795. The van der Waals surface area contributed by atoms with E-state index in [-0.39, 0.29) is 11.6 Å². The largest absolute Gasteiger partial charge is 0.320 e. The summed E-state index contributed by atoms with van der Waals surface area (Å²) in [5, 5.41) is 3.57. The molecule has 0 atom stereocenters. The zero-order chi connectivity index (χ0) is 20.9. The van der Waals surface area contributed by atoms with E-state index in [1.54, 1.807) is 73.3 Å². The summed E-state index contributed by atoms with van der Waals surface area (Å²) in [6.07, 6.45) is 6.69. The lowest BCUT2D eigenvalue weighted by atomic mass is 10.1. The van der Waals surface area contributed by atoms with Crippen LogP contribution in [-0.2, 0) is 13.6 Å². The van der Waals surface area contributed by atoms with Gasteiger partial charge < -0.3 is 9.05 Å². The first-order chi connectivity index (χ1) is 14.6. The summed E-state index contributed by atoms with van der Waals surface area (Å²) in [5.41, 5.74) is 0.871. The van der Waals surface area contributed by atoms with E-state index in [0.717, 1.165) is 21.5 Å². The summed E-state index contributed by atoms with van der Waals surface area (Å²) in [6, 6.07) is 13.9. The summed E-state index contributed by atoms with van der Waals surface area (Å²) in [4.78, 5) is 32.6. The molecule has 4 aromatic rings. The second-order valence-electron chi connectivity index (χ2n) is 6.55. The van der Waals surface area contributed by atoms with Gasteiger partial charge in [-0.05, 0) is 35.0 Å². The molecule has 2 aromatic carbocycles. The molecule has 0 radical (unpaired) electrons. The van der Waals surface area contributed by atoms with Crippen molar-refractivity contribution < 1.29 is 23.2 Å². The molecule has 0 fully saturated rings. The maximum absolute atomic E-state index is 12.3. The Labute approximate surface area is 172 Å². The van der Waals surface area contributed by atoms with Gasteiger partial charge in [0.05, 0.1) is 0 Å². The van der Waals surface area contributed by atoms with Gasteiger partial charge in [0, 0.05) is 46.7 Å². The number of benzene rings is 2. The lowest BCUT2D eigenvalue weighted by Crippen LogP contribution is -2.09. The van der Waals surface area contributed by atoms with Crippen molar-refractivity contribution in [2.75, 3.05) is 13.2 Å². The van der Waals surface area contributed by atoms with Crippen LogP contribution in [0, 0.1) is 0 Å². The molecule has 0 amide bonds. The molecule has 2 heterocycles. The summed E-state index contributed by atoms with van der Waals surface area (Å²) >= 11 is 0. The van der Waals surface area contributed by atoms with Crippen LogP contribution in [-0.4, -0.2) is 34.7 Å². The third-order valence-corrected chi connectivity index (χ3v) is 5.33. The van der Waals surface area contributed by atoms with Crippen molar-refractivity contribution in [3.63, 3.8) is 0 Å². The molecule has 4 rings (SSSR count). The van der Waals surface area contributed by atoms with Gasteiger partial charge in [0.1, 0.15) is 13.2 Å². The number of hydrogen-bond donors (Lipinski definition) is 0. The first-order valence-electron chi connectivity index (χ1n) is 9.14. The highest BCUT2D eigenvalue weighted by Crippen LogP contribution is 2.25. The highest BCUT2D eigenvalue weighted by molar-refractivity contribution is 7.33. The first-order valence-corrected chi connectivity index (χ1v) is 10.4. The number of rotatable bonds is 8. The number of carbonyl (C=O) groups excluding carboxylic acids is 2. The Morgan fingerprint density at radius 3 is 1.63 bits per heavy atom. The van der Waals surface area contributed by atoms with E-state index in [9.17, 15) is 14.2 Å². The van der Waals surface area contributed by atoms with Crippen molar-refractivity contribution in [2.24, 2.45) is 0 Å². The minimum atomic E-state index is -2.99. The molecule has 7 nitrogen and oxygen atoms in total. The van der Waals surface area contributed by atoms with E-state index in [1.165, 1.54) is 0 Å². The van der Waals surface area contributed by atoms with Crippen molar-refractivity contribution >= 4 is 41.4 Å². The molecule has 0 bridgehead atoms. The number of fused-ring (bicyclic) bond motifs is 2. The Balaban J connectivity index is 1.30. The molecule has 0 spiro atoms. The Morgan fingerprint density at radius 1 is 0.700 bits per heavy atom. The van der Waals surface area contributed by atoms with E-state index in [2.05, 4.69) is 9.97 Å². The molecule has 0 N–H and O–H groups in total. The van der Waals surface area contributed by atoms with E-state index in [1.807, 2.05) is 0 Å². The van der Waals surface area contributed by atoms with Crippen molar-refractivity contribution in [3.8, 4) is 0 Å². The summed E-state index contributed by atoms with van der Waals surface area (Å²) in [7, 11) is -2.99. The van der Waals surface area contributed by atoms with Gasteiger partial charge in [-0.1, -0.05) is 24.3 Å². The highest BCUT2D eigenvalue weighted by Gasteiger charge is 2.13. The van der Waals surface area contributed by atoms with Crippen LogP contribution >= 0.6 is 8.25 Å². The second-order valence-corrected chi connectivity index (χ2v) is 7.63. The predicted molar refractivity (Wildman–Crippen MR) is 113 cm³/mol. The smallest absolute Gasteiger partial charge is 0.302 e. The molecule has 0 unspecified atom stereocenters. The van der Waals surface area contributed by atoms with Crippen LogP contribution < -0.4 is 0 Å². The maximum atomic E-state index is 12.3. The lowest BCUT2D eigenvalue weighted by molar-refractivity contribution is 0.0877. The fraction of sp³-hybridized carbons (Fsp3) is 0.0909. The van der Waals surface area contributed by atoms with Gasteiger partial charge in [-0.2, -0.15) is 0 Å². The number of nitrogens with zero attached hydrogens (tertiary/aromatic N) is 2. The Bertz CT molecular complexity index is 1180. The zero-order valence-electron chi connectivity index (χ0n) is 15.8. The van der Waals surface area contributed by atoms with E-state index in [4.69, 9.17) is 9.05 Å². The molecule has 0 aliphatic rings. The number of aromatic nitrogens is 2. The predicted octanol–water partition coefficient (Wildman–Crippen LogP) is 4.27. The standard InChI is InChI=1S/C22H17N2O5P/c25-21(17-1-3-19-11-23-7-5-15(19)9-17)13-28-30(27)29-14-22(26)18-2-4-20-12-24-8-6-16(20)10-18/h1-12,30H,13-14H2. The van der Waals surface area contributed by atoms with Crippen LogP contribution in [0.1, 0.15) is 20.7 Å². The average Bonchev–Trinajstić information content (AvgIpc) is 2.80. The van der Waals surface area contributed by atoms with Gasteiger partial charge in [-0.25, -0.2) is 0 Å². The minimum absolute atomic E-state index is 0.329. The molecule has 0 saturated heterocycles. The molecule has 2 aromatic heterocycles. The Kier molecular flexibility index (Phi) is 6.05. The Hall–Kier alpha value is -3.25.